The van der Waals surface area contributed by atoms with E-state index < -0.39 is 63.9 Å². The van der Waals surface area contributed by atoms with Crippen molar-refractivity contribution in [1.29, 1.82) is 0 Å². The van der Waals surface area contributed by atoms with Crippen LogP contribution < -0.4 is 29.0 Å². The van der Waals surface area contributed by atoms with Crippen LogP contribution in [-0.2, 0) is 43.5 Å². The van der Waals surface area contributed by atoms with Gasteiger partial charge in [0.1, 0.15) is 18.6 Å². The van der Waals surface area contributed by atoms with Gasteiger partial charge in [-0.1, -0.05) is 6.07 Å². The van der Waals surface area contributed by atoms with Crippen molar-refractivity contribution in [2.24, 2.45) is 0 Å². The molecule has 2 saturated heterocycles. The molecule has 7 heterocycles. The number of fused-ring (bicyclic) bond motifs is 9. The highest BCUT2D eigenvalue weighted by molar-refractivity contribution is 7.85. The van der Waals surface area contributed by atoms with Crippen LogP contribution in [0.4, 0.5) is 0 Å². The van der Waals surface area contributed by atoms with E-state index in [1.165, 1.54) is 21.1 Å². The fourth-order valence-corrected chi connectivity index (χ4v) is 12.3. The number of hydrogen-bond donors (Lipinski definition) is 4. The first kappa shape index (κ1) is 36.1. The van der Waals surface area contributed by atoms with Crippen molar-refractivity contribution in [3.8, 4) is 40.2 Å². The van der Waals surface area contributed by atoms with Gasteiger partial charge in [0.2, 0.25) is 6.79 Å². The number of carbonyl (C=O) groups excluding carboxylic acids is 2. The first-order valence-electron chi connectivity index (χ1n) is 18.2. The van der Waals surface area contributed by atoms with Crippen LogP contribution >= 0.6 is 0 Å². The quantitative estimate of drug-likeness (QED) is 0.224. The Hall–Kier alpha value is -4.61. The normalized spacial score (nSPS) is 30.5. The highest BCUT2D eigenvalue weighted by Crippen LogP contribution is 2.63. The van der Waals surface area contributed by atoms with Gasteiger partial charge >= 0.3 is 11.9 Å². The fourth-order valence-electron chi connectivity index (χ4n) is 10.2. The molecule has 0 saturated carbocycles. The van der Waals surface area contributed by atoms with Gasteiger partial charge in [0.05, 0.1) is 49.4 Å². The lowest BCUT2D eigenvalue weighted by Gasteiger charge is -2.62. The molecule has 2 fully saturated rings. The number of nitrogens with one attached hydrogen (secondary N) is 1. The number of aliphatic hydroxyl groups excluding tert-OH is 1. The third kappa shape index (κ3) is 4.90. The van der Waals surface area contributed by atoms with Crippen molar-refractivity contribution in [2.75, 3.05) is 47.0 Å². The number of carbonyl (C=O) groups is 2. The summed E-state index contributed by atoms with van der Waals surface area (Å²) in [6.45, 7) is 4.77. The number of phenolic OH excluding ortho intramolecular Hbond substituents is 2. The highest BCUT2D eigenvalue weighted by Gasteiger charge is 2.63. The first-order valence-corrected chi connectivity index (χ1v) is 19.6. The molecular weight excluding hydrogens is 735 g/mol. The summed E-state index contributed by atoms with van der Waals surface area (Å²) in [7, 11) is 2.72. The molecule has 4 bridgehead atoms. The van der Waals surface area contributed by atoms with Crippen LogP contribution in [0.25, 0.3) is 0 Å². The van der Waals surface area contributed by atoms with E-state index in [0.29, 0.717) is 70.0 Å². The highest BCUT2D eigenvalue weighted by atomic mass is 32.2. The zero-order valence-electron chi connectivity index (χ0n) is 31.3. The number of hydrogen-bond acceptors (Lipinski definition) is 15. The SMILES string of the molecule is COc1cc2c(cc1O)CCN[C@]21CS(=O)[C@@H]2c3c(OC(C)=O)c(C)c4c(c3[C@H](COC1=O)N1[C@@H]2[C@H]2c3c(cc(C)c(OC)c3O)C[C@@H]([C@@H]1O)N2C)OCO4. The van der Waals surface area contributed by atoms with E-state index in [1.54, 1.807) is 19.1 Å². The molecule has 15 nitrogen and oxygen atoms in total. The average Bonchev–Trinajstić information content (AvgIpc) is 3.64. The molecule has 8 atom stereocenters. The zero-order valence-corrected chi connectivity index (χ0v) is 32.1. The van der Waals surface area contributed by atoms with Gasteiger partial charge < -0.3 is 43.7 Å². The van der Waals surface area contributed by atoms with Crippen molar-refractivity contribution >= 4 is 22.7 Å². The van der Waals surface area contributed by atoms with Crippen molar-refractivity contribution in [1.82, 2.24) is 15.1 Å². The van der Waals surface area contributed by atoms with Crippen molar-refractivity contribution < 1.29 is 57.5 Å². The third-order valence-electron chi connectivity index (χ3n) is 12.4. The molecule has 0 aromatic heterocycles. The van der Waals surface area contributed by atoms with Crippen LogP contribution in [0.3, 0.4) is 0 Å². The van der Waals surface area contributed by atoms with Gasteiger partial charge in [-0.15, -0.1) is 0 Å². The van der Waals surface area contributed by atoms with Gasteiger partial charge in [0.15, 0.2) is 40.0 Å². The van der Waals surface area contributed by atoms with Crippen molar-refractivity contribution in [3.05, 3.63) is 62.7 Å². The molecule has 0 radical (unpaired) electrons. The van der Waals surface area contributed by atoms with Crippen LogP contribution in [0.5, 0.6) is 40.2 Å². The van der Waals surface area contributed by atoms with E-state index in [1.807, 2.05) is 29.8 Å². The van der Waals surface area contributed by atoms with E-state index in [-0.39, 0.29) is 42.2 Å². The van der Waals surface area contributed by atoms with Gasteiger partial charge in [-0.25, -0.2) is 4.79 Å². The molecule has 16 heteroatoms. The second-order valence-electron chi connectivity index (χ2n) is 15.1. The molecule has 7 aliphatic rings. The summed E-state index contributed by atoms with van der Waals surface area (Å²) in [4.78, 5) is 31.5. The molecule has 0 aliphatic carbocycles. The Morgan fingerprint density at radius 1 is 1.02 bits per heavy atom. The van der Waals surface area contributed by atoms with Crippen molar-refractivity contribution in [2.45, 2.75) is 74.8 Å². The third-order valence-corrected chi connectivity index (χ3v) is 14.2. The Morgan fingerprint density at radius 3 is 2.51 bits per heavy atom. The molecule has 1 spiro atoms. The Morgan fingerprint density at radius 2 is 1.78 bits per heavy atom. The minimum atomic E-state index is -2.06. The average molecular weight is 778 g/mol. The summed E-state index contributed by atoms with van der Waals surface area (Å²) >= 11 is 0. The maximum atomic E-state index is 15.9. The Labute approximate surface area is 319 Å². The molecule has 3 aromatic carbocycles. The number of phenols is 2. The number of methoxy groups -OCH3 is 2. The number of aryl methyl sites for hydroxylation is 1. The Balaban J connectivity index is 1.35. The number of ether oxygens (including phenoxy) is 6. The number of nitrogens with zero attached hydrogens (tertiary/aromatic N) is 2. The molecular formula is C39H43N3O12S. The van der Waals surface area contributed by atoms with Gasteiger partial charge in [-0.3, -0.25) is 24.1 Å². The monoisotopic (exact) mass is 777 g/mol. The number of esters is 2. The van der Waals surface area contributed by atoms with E-state index in [0.717, 1.165) is 11.1 Å². The van der Waals surface area contributed by atoms with Crippen LogP contribution in [0.1, 0.15) is 68.8 Å². The lowest BCUT2D eigenvalue weighted by molar-refractivity contribution is -0.186. The number of likely N-dealkylation sites (N-methyl/N-ethyl adjacent to an activating group) is 1. The Bertz CT molecular complexity index is 2210. The summed E-state index contributed by atoms with van der Waals surface area (Å²) in [5.41, 5.74) is 2.93. The maximum absolute atomic E-state index is 15.9. The molecule has 4 N–H and O–H groups in total. The smallest absolute Gasteiger partial charge is 0.332 e. The molecule has 7 aliphatic heterocycles. The van der Waals surface area contributed by atoms with Crippen LogP contribution in [0, 0.1) is 13.8 Å². The number of aliphatic hydroxyl groups is 1. The van der Waals surface area contributed by atoms with Crippen LogP contribution in [0.2, 0.25) is 0 Å². The minimum Gasteiger partial charge on any atom is -0.504 e. The number of aromatic hydroxyl groups is 2. The lowest BCUT2D eigenvalue weighted by atomic mass is 9.73. The maximum Gasteiger partial charge on any atom is 0.332 e. The fraction of sp³-hybridized carbons (Fsp3) is 0.487. The summed E-state index contributed by atoms with van der Waals surface area (Å²) in [6.07, 6.45) is -0.330. The topological polar surface area (TPSA) is 186 Å². The standard InChI is InChI=1S/C39H43N3O12S/c1-16-9-20-10-22-37(46)42-23-13-51-38(47)39(21-12-25(49-5)24(44)11-19(21)7-8-40-39)14-55(48)36(30(42)29(41(22)4)26(20)31(45)32(16)50-6)28-27(23)35-34(52-15-53-35)17(2)33(28)54-18(3)43/h9,11-12,22-23,29-30,36-37,40,44-46H,7-8,10,13-15H2,1-6H3/t22-,23-,29+,30+,36+,37-,39+,55?/m0/s1. The predicted molar refractivity (Wildman–Crippen MR) is 195 cm³/mol. The summed E-state index contributed by atoms with van der Waals surface area (Å²) in [5.74, 6) is -0.492. The minimum absolute atomic E-state index is 0.0529. The van der Waals surface area contributed by atoms with E-state index in [9.17, 15) is 24.9 Å². The van der Waals surface area contributed by atoms with E-state index in [4.69, 9.17) is 28.4 Å². The summed E-state index contributed by atoms with van der Waals surface area (Å²) in [6, 6.07) is 2.16. The molecule has 292 valence electrons. The number of benzene rings is 3. The van der Waals surface area contributed by atoms with Crippen molar-refractivity contribution in [3.63, 3.8) is 0 Å². The predicted octanol–water partition coefficient (Wildman–Crippen LogP) is 2.43. The van der Waals surface area contributed by atoms with Gasteiger partial charge in [0, 0.05) is 46.5 Å². The Kier molecular flexibility index (Phi) is 8.33. The molecule has 55 heavy (non-hydrogen) atoms. The zero-order chi connectivity index (χ0) is 38.8. The second kappa shape index (κ2) is 12.7. The number of rotatable bonds is 3. The van der Waals surface area contributed by atoms with Crippen LogP contribution in [-0.4, -0.2) is 107 Å². The van der Waals surface area contributed by atoms with Gasteiger partial charge in [-0.05, 0) is 68.1 Å². The molecule has 3 aromatic rings. The summed E-state index contributed by atoms with van der Waals surface area (Å²) < 4.78 is 51.5. The van der Waals surface area contributed by atoms with Crippen LogP contribution in [0.15, 0.2) is 18.2 Å². The first-order chi connectivity index (χ1) is 26.3. The lowest BCUT2D eigenvalue weighted by Crippen LogP contribution is -2.70. The summed E-state index contributed by atoms with van der Waals surface area (Å²) in [5, 5.41) is 37.6. The number of piperazine rings is 1. The van der Waals surface area contributed by atoms with E-state index >= 15 is 4.21 Å². The van der Waals surface area contributed by atoms with E-state index in [2.05, 4.69) is 5.32 Å². The second-order valence-corrected chi connectivity index (χ2v) is 16.7. The molecule has 0 amide bonds. The molecule has 10 rings (SSSR count). The van der Waals surface area contributed by atoms with Gasteiger partial charge in [-0.2, -0.15) is 0 Å². The van der Waals surface area contributed by atoms with Gasteiger partial charge in [0.25, 0.3) is 0 Å². The molecule has 1 unspecified atom stereocenters. The largest absolute Gasteiger partial charge is 0.504 e.